The number of aliphatic hydroxyl groups is 3. The zero-order valence-electron chi connectivity index (χ0n) is 45.8. The monoisotopic (exact) mass is 1070 g/mol. The van der Waals surface area contributed by atoms with Crippen LogP contribution in [0.5, 0.6) is 34.5 Å². The minimum atomic E-state index is -0.522. The summed E-state index contributed by atoms with van der Waals surface area (Å²) in [6, 6.07) is 48.5. The average molecular weight is 1070 g/mol. The molecule has 0 aromatic heterocycles. The van der Waals surface area contributed by atoms with Crippen molar-refractivity contribution in [2.75, 3.05) is 120 Å². The first-order chi connectivity index (χ1) is 38.2. The molecule has 0 saturated carbocycles. The van der Waals surface area contributed by atoms with E-state index in [1.807, 2.05) is 91.0 Å². The van der Waals surface area contributed by atoms with E-state index in [1.54, 1.807) is 21.3 Å². The molecule has 3 heterocycles. The molecule has 3 atom stereocenters. The number of ether oxygens (including phenoxy) is 9. The molecule has 3 aliphatic rings. The molecule has 9 rings (SSSR count). The molecule has 3 N–H and O–H groups in total. The molecule has 3 fully saturated rings. The Balaban J connectivity index is 0.000000170. The lowest BCUT2D eigenvalue weighted by molar-refractivity contribution is 0.0565. The minimum absolute atomic E-state index is 0.288. The van der Waals surface area contributed by atoms with E-state index in [4.69, 9.17) is 42.6 Å². The van der Waals surface area contributed by atoms with E-state index in [1.165, 1.54) is 16.7 Å². The third kappa shape index (κ3) is 20.9. The van der Waals surface area contributed by atoms with Gasteiger partial charge in [-0.25, -0.2) is 0 Å². The maximum Gasteiger partial charge on any atom is 0.122 e. The number of nitrogens with zero attached hydrogens (tertiary/aromatic N) is 3. The van der Waals surface area contributed by atoms with E-state index in [0.29, 0.717) is 39.8 Å². The predicted octanol–water partition coefficient (Wildman–Crippen LogP) is 7.53. The summed E-state index contributed by atoms with van der Waals surface area (Å²) in [5.74, 6) is 5.15. The van der Waals surface area contributed by atoms with Crippen molar-refractivity contribution in [2.45, 2.75) is 56.8 Å². The van der Waals surface area contributed by atoms with Gasteiger partial charge in [-0.1, -0.05) is 91.0 Å². The normalized spacial score (nSPS) is 15.8. The number of rotatable bonds is 27. The molecule has 15 nitrogen and oxygen atoms in total. The van der Waals surface area contributed by atoms with Crippen LogP contribution in [0.25, 0.3) is 0 Å². The number of methoxy groups -OCH3 is 3. The lowest BCUT2D eigenvalue weighted by atomic mass is 10.0. The topological polar surface area (TPSA) is 153 Å². The van der Waals surface area contributed by atoms with Crippen molar-refractivity contribution in [3.8, 4) is 34.5 Å². The van der Waals surface area contributed by atoms with Gasteiger partial charge in [0.1, 0.15) is 72.6 Å². The molecule has 15 heteroatoms. The highest BCUT2D eigenvalue weighted by atomic mass is 16.5. The molecular formula is C63H81N3O12. The van der Waals surface area contributed by atoms with Crippen LogP contribution in [-0.4, -0.2) is 169 Å². The molecule has 0 bridgehead atoms. The number of β-amino-alcohol motifs (C(OH)–C–C–N with tert-alkyl or cyclic N) is 3. The molecule has 0 spiro atoms. The third-order valence-electron chi connectivity index (χ3n) is 13.6. The fourth-order valence-corrected chi connectivity index (χ4v) is 9.16. The third-order valence-corrected chi connectivity index (χ3v) is 13.6. The van der Waals surface area contributed by atoms with Crippen molar-refractivity contribution in [1.29, 1.82) is 0 Å². The lowest BCUT2D eigenvalue weighted by Crippen LogP contribution is -2.34. The van der Waals surface area contributed by atoms with Crippen LogP contribution in [0, 0.1) is 0 Å². The van der Waals surface area contributed by atoms with E-state index in [9.17, 15) is 15.3 Å². The Kier molecular flexibility index (Phi) is 25.3. The van der Waals surface area contributed by atoms with Gasteiger partial charge in [0.15, 0.2) is 0 Å². The van der Waals surface area contributed by atoms with Gasteiger partial charge in [-0.3, -0.25) is 14.7 Å². The van der Waals surface area contributed by atoms with Gasteiger partial charge in [0.2, 0.25) is 0 Å². The summed E-state index contributed by atoms with van der Waals surface area (Å²) in [7, 11) is 5.02. The van der Waals surface area contributed by atoms with Gasteiger partial charge < -0.3 is 58.0 Å². The fourth-order valence-electron chi connectivity index (χ4n) is 9.16. The molecule has 0 radical (unpaired) electrons. The van der Waals surface area contributed by atoms with Crippen LogP contribution in [0.3, 0.4) is 0 Å². The average Bonchev–Trinajstić information content (AvgIpc) is 4.32. The second-order valence-electron chi connectivity index (χ2n) is 19.6. The van der Waals surface area contributed by atoms with Crippen molar-refractivity contribution in [3.63, 3.8) is 0 Å². The Morgan fingerprint density at radius 2 is 0.641 bits per heavy atom. The van der Waals surface area contributed by atoms with Gasteiger partial charge in [0.25, 0.3) is 0 Å². The van der Waals surface area contributed by atoms with E-state index < -0.39 is 18.3 Å². The van der Waals surface area contributed by atoms with E-state index in [2.05, 4.69) is 69.3 Å². The standard InChI is InChI=1S/3C21H27NO4/c3*1-24-20-10-7-17(8-11-20)6-9-18-4-2-3-5-21(18)26-15-19(23)14-22-12-13-25-16-22/h3*2-5,7-8,10-11,19,23H,6,9,12-16H2,1H3/t2*19-;/m10./s1. The molecule has 0 aliphatic carbocycles. The number of para-hydroxylation sites is 3. The van der Waals surface area contributed by atoms with Crippen LogP contribution in [-0.2, 0) is 52.7 Å². The first-order valence-corrected chi connectivity index (χ1v) is 27.2. The van der Waals surface area contributed by atoms with Gasteiger partial charge in [-0.05, 0) is 127 Å². The molecule has 78 heavy (non-hydrogen) atoms. The van der Waals surface area contributed by atoms with Gasteiger partial charge in [-0.2, -0.15) is 0 Å². The second kappa shape index (κ2) is 33.3. The maximum absolute atomic E-state index is 10.2. The Morgan fingerprint density at radius 3 is 0.885 bits per heavy atom. The van der Waals surface area contributed by atoms with Gasteiger partial charge in [0, 0.05) is 39.3 Å². The number of aliphatic hydroxyl groups excluding tert-OH is 3. The smallest absolute Gasteiger partial charge is 0.122 e. The lowest BCUT2D eigenvalue weighted by Gasteiger charge is -2.19. The van der Waals surface area contributed by atoms with Crippen LogP contribution in [0.15, 0.2) is 146 Å². The molecule has 3 aliphatic heterocycles. The Labute approximate surface area is 461 Å². The Morgan fingerprint density at radius 1 is 0.372 bits per heavy atom. The highest BCUT2D eigenvalue weighted by Gasteiger charge is 2.20. The first-order valence-electron chi connectivity index (χ1n) is 27.2. The number of benzene rings is 6. The van der Waals surface area contributed by atoms with Crippen molar-refractivity contribution in [3.05, 3.63) is 179 Å². The van der Waals surface area contributed by atoms with Crippen LogP contribution < -0.4 is 28.4 Å². The van der Waals surface area contributed by atoms with Gasteiger partial charge in [0.05, 0.1) is 61.3 Å². The summed E-state index contributed by atoms with van der Waals surface area (Å²) in [4.78, 5) is 6.26. The van der Waals surface area contributed by atoms with Gasteiger partial charge in [-0.15, -0.1) is 0 Å². The Bertz CT molecular complexity index is 2290. The number of hydrogen-bond donors (Lipinski definition) is 3. The van der Waals surface area contributed by atoms with Crippen molar-refractivity contribution < 1.29 is 58.0 Å². The summed E-state index contributed by atoms with van der Waals surface area (Å²) in [6.45, 7) is 9.20. The minimum Gasteiger partial charge on any atom is -0.497 e. The van der Waals surface area contributed by atoms with Crippen molar-refractivity contribution >= 4 is 0 Å². The Hall–Kier alpha value is -6.24. The first kappa shape index (κ1) is 59.4. The summed E-state index contributed by atoms with van der Waals surface area (Å²) in [5.41, 5.74) is 7.24. The fraction of sp³-hybridized carbons (Fsp3) is 0.429. The summed E-state index contributed by atoms with van der Waals surface area (Å²) < 4.78 is 49.2. The summed E-state index contributed by atoms with van der Waals surface area (Å²) in [6.07, 6.45) is 3.88. The summed E-state index contributed by atoms with van der Waals surface area (Å²) in [5, 5.41) is 30.6. The van der Waals surface area contributed by atoms with Gasteiger partial charge >= 0.3 is 0 Å². The predicted molar refractivity (Wildman–Crippen MR) is 302 cm³/mol. The van der Waals surface area contributed by atoms with Crippen LogP contribution >= 0.6 is 0 Å². The molecule has 1 unspecified atom stereocenters. The largest absolute Gasteiger partial charge is 0.497 e. The van der Waals surface area contributed by atoms with E-state index in [-0.39, 0.29) is 19.8 Å². The number of aryl methyl sites for hydroxylation is 6. The van der Waals surface area contributed by atoms with Crippen molar-refractivity contribution in [2.24, 2.45) is 0 Å². The molecule has 6 aromatic carbocycles. The zero-order chi connectivity index (χ0) is 54.6. The van der Waals surface area contributed by atoms with E-state index in [0.717, 1.165) is 129 Å². The second-order valence-corrected chi connectivity index (χ2v) is 19.6. The van der Waals surface area contributed by atoms with Crippen molar-refractivity contribution in [1.82, 2.24) is 14.7 Å². The maximum atomic E-state index is 10.2. The molecule has 3 saturated heterocycles. The molecule has 6 aromatic rings. The van der Waals surface area contributed by atoms with E-state index >= 15 is 0 Å². The zero-order valence-corrected chi connectivity index (χ0v) is 45.8. The SMILES string of the molecule is COc1ccc(CCc2ccccc2OCC(O)CN2CCOC2)cc1.COc1ccc(CCc2ccccc2OC[C@@H](O)CN2CCOC2)cc1.COc1ccc(CCc2ccccc2OC[C@H](O)CN2CCOC2)cc1. The van der Waals surface area contributed by atoms with Crippen LogP contribution in [0.2, 0.25) is 0 Å². The molecule has 0 amide bonds. The molecular weight excluding hydrogens is 991 g/mol. The van der Waals surface area contributed by atoms with Crippen LogP contribution in [0.1, 0.15) is 33.4 Å². The van der Waals surface area contributed by atoms with Crippen LogP contribution in [0.4, 0.5) is 0 Å². The highest BCUT2D eigenvalue weighted by Crippen LogP contribution is 2.25. The molecule has 420 valence electrons. The highest BCUT2D eigenvalue weighted by molar-refractivity contribution is 5.38. The quantitative estimate of drug-likeness (QED) is 0.0466. The summed E-state index contributed by atoms with van der Waals surface area (Å²) >= 11 is 0. The number of hydrogen-bond acceptors (Lipinski definition) is 15.